The molecule has 0 spiro atoms. The number of aromatic amines is 1. The van der Waals surface area contributed by atoms with E-state index in [1.807, 2.05) is 30.3 Å². The van der Waals surface area contributed by atoms with Crippen molar-refractivity contribution in [3.05, 3.63) is 95.6 Å². The van der Waals surface area contributed by atoms with Gasteiger partial charge in [0, 0.05) is 46.2 Å². The van der Waals surface area contributed by atoms with Crippen molar-refractivity contribution in [1.29, 1.82) is 0 Å². The highest BCUT2D eigenvalue weighted by atomic mass is 32.2. The maximum absolute atomic E-state index is 13.7. The summed E-state index contributed by atoms with van der Waals surface area (Å²) in [7, 11) is -2.51. The first-order valence-electron chi connectivity index (χ1n) is 13.5. The normalized spacial score (nSPS) is 12.6. The summed E-state index contributed by atoms with van der Waals surface area (Å²) in [6.45, 7) is 3.81. The number of fused-ring (bicyclic) bond motifs is 2. The van der Waals surface area contributed by atoms with Crippen molar-refractivity contribution in [2.24, 2.45) is 9.98 Å². The minimum absolute atomic E-state index is 0.101. The number of nitrogens with one attached hydrogen (secondary N) is 2. The molecule has 0 aliphatic carbocycles. The third-order valence-corrected chi connectivity index (χ3v) is 8.20. The smallest absolute Gasteiger partial charge is 0.255 e. The summed E-state index contributed by atoms with van der Waals surface area (Å²) < 4.78 is 60.3. The number of carbonyl (C=O) groups excluding carboxylic acids is 1. The van der Waals surface area contributed by atoms with E-state index in [-0.39, 0.29) is 22.6 Å². The van der Waals surface area contributed by atoms with Gasteiger partial charge in [0.05, 0.1) is 35.9 Å². The maximum atomic E-state index is 13.7. The van der Waals surface area contributed by atoms with Crippen molar-refractivity contribution < 1.29 is 26.4 Å². The lowest BCUT2D eigenvalue weighted by Gasteiger charge is -2.24. The van der Waals surface area contributed by atoms with E-state index < -0.39 is 35.0 Å². The zero-order valence-electron chi connectivity index (χ0n) is 24.2. The highest BCUT2D eigenvalue weighted by Gasteiger charge is 2.27. The van der Waals surface area contributed by atoms with Crippen LogP contribution in [0.4, 0.5) is 14.5 Å². The van der Waals surface area contributed by atoms with Gasteiger partial charge in [-0.3, -0.25) is 14.1 Å². The number of aromatic nitrogens is 1. The molecule has 0 aliphatic rings. The lowest BCUT2D eigenvalue weighted by atomic mass is 10.0. The Balaban J connectivity index is 1.79. The number of halogens is 2. The number of amides is 1. The fourth-order valence-corrected chi connectivity index (χ4v) is 5.93. The summed E-state index contributed by atoms with van der Waals surface area (Å²) in [6.07, 6.45) is 2.44. The molecule has 3 aromatic carbocycles. The van der Waals surface area contributed by atoms with Gasteiger partial charge < -0.3 is 14.7 Å². The van der Waals surface area contributed by atoms with Gasteiger partial charge in [-0.1, -0.05) is 18.2 Å². The number of rotatable bonds is 10. The van der Waals surface area contributed by atoms with E-state index in [1.54, 1.807) is 13.0 Å². The van der Waals surface area contributed by atoms with Gasteiger partial charge in [0.2, 0.25) is 10.0 Å². The Morgan fingerprint density at radius 1 is 1.14 bits per heavy atom. The molecule has 0 radical (unpaired) electrons. The minimum Gasteiger partial charge on any atom is -0.455 e. The molecule has 9 nitrogen and oxygen atoms in total. The summed E-state index contributed by atoms with van der Waals surface area (Å²) in [5, 5.41) is 3.90. The number of hydrogen-bond acceptors (Lipinski definition) is 6. The Labute approximate surface area is 252 Å². The molecular formula is C32H29F2N5O4S. The number of nitrogens with zero attached hydrogens (tertiary/aromatic N) is 3. The summed E-state index contributed by atoms with van der Waals surface area (Å²) in [4.78, 5) is 25.2. The van der Waals surface area contributed by atoms with Crippen LogP contribution in [0.1, 0.15) is 28.5 Å². The molecule has 1 amide bonds. The number of aliphatic imine (C=N–C) groups is 2. The molecular weight excluding hydrogens is 588 g/mol. The summed E-state index contributed by atoms with van der Waals surface area (Å²) >= 11 is 0. The van der Waals surface area contributed by atoms with Gasteiger partial charge in [-0.05, 0) is 56.1 Å². The van der Waals surface area contributed by atoms with E-state index in [1.165, 1.54) is 43.6 Å². The van der Waals surface area contributed by atoms with E-state index >= 15 is 0 Å². The summed E-state index contributed by atoms with van der Waals surface area (Å²) in [5.74, 6) is -0.789. The van der Waals surface area contributed by atoms with Gasteiger partial charge in [0.25, 0.3) is 5.91 Å². The van der Waals surface area contributed by atoms with Crippen molar-refractivity contribution in [3.63, 3.8) is 0 Å². The quantitative estimate of drug-likeness (QED) is 0.178. The van der Waals surface area contributed by atoms with Crippen LogP contribution in [0.2, 0.25) is 0 Å². The third-order valence-electron chi connectivity index (χ3n) is 7.02. The monoisotopic (exact) mass is 617 g/mol. The lowest BCUT2D eigenvalue weighted by molar-refractivity contribution is 0.0964. The SMILES string of the molecule is C=N/C=C(\N=C(C)c1cc2c(C(=O)NC)c(-c3ccc(F)cc3)oc2cc1N(CCF)S(C)(=O)=O)c1cc2ccccc2[nH]1. The molecule has 0 atom stereocenters. The van der Waals surface area contributed by atoms with Gasteiger partial charge in [0.1, 0.15) is 29.5 Å². The summed E-state index contributed by atoms with van der Waals surface area (Å²) in [5.41, 5.74) is 3.42. The average Bonchev–Trinajstić information content (AvgIpc) is 3.60. The first kappa shape index (κ1) is 30.4. The average molecular weight is 618 g/mol. The predicted molar refractivity (Wildman–Crippen MR) is 171 cm³/mol. The van der Waals surface area contributed by atoms with Crippen LogP contribution in [0.15, 0.2) is 87.3 Å². The van der Waals surface area contributed by atoms with E-state index in [2.05, 4.69) is 22.0 Å². The van der Waals surface area contributed by atoms with Crippen LogP contribution < -0.4 is 9.62 Å². The number of furan rings is 1. The molecule has 2 N–H and O–H groups in total. The molecule has 0 bridgehead atoms. The molecule has 226 valence electrons. The van der Waals surface area contributed by atoms with Crippen LogP contribution in [0, 0.1) is 5.82 Å². The molecule has 5 rings (SSSR count). The van der Waals surface area contributed by atoms with Crippen LogP contribution >= 0.6 is 0 Å². The first-order valence-corrected chi connectivity index (χ1v) is 15.3. The molecule has 0 saturated heterocycles. The Kier molecular flexibility index (Phi) is 8.45. The molecule has 2 aromatic heterocycles. The number of carbonyl (C=O) groups is 1. The molecule has 44 heavy (non-hydrogen) atoms. The number of H-pyrrole nitrogens is 1. The van der Waals surface area contributed by atoms with Crippen molar-refractivity contribution in [2.45, 2.75) is 6.92 Å². The van der Waals surface area contributed by atoms with Gasteiger partial charge in [-0.15, -0.1) is 0 Å². The van der Waals surface area contributed by atoms with Crippen LogP contribution in [-0.4, -0.2) is 58.3 Å². The molecule has 5 aromatic rings. The van der Waals surface area contributed by atoms with Crippen molar-refractivity contribution in [3.8, 4) is 11.3 Å². The lowest BCUT2D eigenvalue weighted by Crippen LogP contribution is -2.33. The number of benzene rings is 3. The maximum Gasteiger partial charge on any atom is 0.255 e. The van der Waals surface area contributed by atoms with Crippen LogP contribution in [0.25, 0.3) is 38.9 Å². The summed E-state index contributed by atoms with van der Waals surface area (Å²) in [6, 6.07) is 18.0. The number of alkyl halides is 1. The fraction of sp³-hybridized carbons (Fsp3) is 0.156. The fourth-order valence-electron chi connectivity index (χ4n) is 5.02. The first-order chi connectivity index (χ1) is 21.0. The molecule has 12 heteroatoms. The molecule has 0 fully saturated rings. The van der Waals surface area contributed by atoms with Gasteiger partial charge in [-0.25, -0.2) is 22.2 Å². The highest BCUT2D eigenvalue weighted by molar-refractivity contribution is 7.92. The zero-order valence-corrected chi connectivity index (χ0v) is 25.0. The Bertz CT molecular complexity index is 2030. The predicted octanol–water partition coefficient (Wildman–Crippen LogP) is 6.32. The topological polar surface area (TPSA) is 120 Å². The van der Waals surface area contributed by atoms with Crippen LogP contribution in [0.5, 0.6) is 0 Å². The number of hydrogen-bond donors (Lipinski definition) is 2. The molecule has 2 heterocycles. The van der Waals surface area contributed by atoms with E-state index in [0.717, 1.165) is 21.5 Å². The van der Waals surface area contributed by atoms with Gasteiger partial charge >= 0.3 is 0 Å². The Hall–Kier alpha value is -5.10. The second-order valence-electron chi connectivity index (χ2n) is 9.95. The number of anilines is 1. The zero-order chi connectivity index (χ0) is 31.6. The van der Waals surface area contributed by atoms with E-state index in [4.69, 9.17) is 9.41 Å². The Morgan fingerprint density at radius 3 is 2.50 bits per heavy atom. The standard InChI is InChI=1S/C32H29F2N5O4S/c1-19(37-27(18-35-2)26-15-21-7-5-6-8-25(21)38-26)23-16-24-29(17-28(23)39(14-13-33)44(4,41)42)43-31(30(24)32(40)36-3)20-9-11-22(34)12-10-20/h5-12,15-18,38H,2,13-14H2,1,3-4H3,(H,36,40)/b27-18-,37-19?. The highest BCUT2D eigenvalue weighted by Crippen LogP contribution is 2.39. The third kappa shape index (κ3) is 5.88. The molecule has 0 saturated carbocycles. The van der Waals surface area contributed by atoms with Gasteiger partial charge in [0.15, 0.2) is 0 Å². The molecule has 0 unspecified atom stereocenters. The van der Waals surface area contributed by atoms with Crippen molar-refractivity contribution in [2.75, 3.05) is 30.8 Å². The van der Waals surface area contributed by atoms with Crippen molar-refractivity contribution in [1.82, 2.24) is 10.3 Å². The second-order valence-corrected chi connectivity index (χ2v) is 11.9. The number of para-hydroxylation sites is 1. The van der Waals surface area contributed by atoms with Gasteiger partial charge in [-0.2, -0.15) is 0 Å². The van der Waals surface area contributed by atoms with Crippen LogP contribution in [0.3, 0.4) is 0 Å². The van der Waals surface area contributed by atoms with Crippen molar-refractivity contribution >= 4 is 61.6 Å². The van der Waals surface area contributed by atoms with Crippen LogP contribution in [-0.2, 0) is 10.0 Å². The van der Waals surface area contributed by atoms with E-state index in [9.17, 15) is 22.0 Å². The number of sulfonamides is 1. The minimum atomic E-state index is -3.97. The van der Waals surface area contributed by atoms with E-state index in [0.29, 0.717) is 33.6 Å². The largest absolute Gasteiger partial charge is 0.455 e. The second kappa shape index (κ2) is 12.3. The molecule has 0 aliphatic heterocycles. The Morgan fingerprint density at radius 2 is 1.86 bits per heavy atom.